The van der Waals surface area contributed by atoms with Crippen LogP contribution in [-0.2, 0) is 4.79 Å². The molecule has 1 atom stereocenters. The standard InChI is InChI=1S/C15H23FN2O2/c1-3-4-8-14(17)15(19)18(2)9-10-20-13-7-5-6-12(16)11-13/h5-7,11,14H,3-4,8-10,17H2,1-2H3. The van der Waals surface area contributed by atoms with Crippen molar-refractivity contribution >= 4 is 5.91 Å². The monoisotopic (exact) mass is 282 g/mol. The fraction of sp³-hybridized carbons (Fsp3) is 0.533. The van der Waals surface area contributed by atoms with E-state index in [1.165, 1.54) is 12.1 Å². The minimum atomic E-state index is -0.450. The zero-order valence-electron chi connectivity index (χ0n) is 12.1. The van der Waals surface area contributed by atoms with Crippen LogP contribution in [-0.4, -0.2) is 37.0 Å². The molecule has 1 rings (SSSR count). The van der Waals surface area contributed by atoms with Crippen LogP contribution in [0.4, 0.5) is 4.39 Å². The number of likely N-dealkylation sites (N-methyl/N-ethyl adjacent to an activating group) is 1. The van der Waals surface area contributed by atoms with Crippen molar-refractivity contribution in [1.82, 2.24) is 4.90 Å². The number of carbonyl (C=O) groups is 1. The maximum atomic E-state index is 12.9. The summed E-state index contributed by atoms with van der Waals surface area (Å²) in [6.45, 7) is 2.80. The Hall–Kier alpha value is -1.62. The largest absolute Gasteiger partial charge is 0.492 e. The normalized spacial score (nSPS) is 12.0. The maximum absolute atomic E-state index is 12.9. The fourth-order valence-electron chi connectivity index (χ4n) is 1.80. The molecule has 0 saturated heterocycles. The van der Waals surface area contributed by atoms with E-state index in [1.807, 2.05) is 0 Å². The average molecular weight is 282 g/mol. The number of rotatable bonds is 8. The third kappa shape index (κ3) is 5.57. The number of hydrogen-bond donors (Lipinski definition) is 1. The van der Waals surface area contributed by atoms with Crippen LogP contribution < -0.4 is 10.5 Å². The lowest BCUT2D eigenvalue weighted by Gasteiger charge is -2.21. The molecule has 1 aromatic carbocycles. The number of halogens is 1. The molecule has 0 aliphatic heterocycles. The number of benzene rings is 1. The molecule has 20 heavy (non-hydrogen) atoms. The quantitative estimate of drug-likeness (QED) is 0.795. The third-order valence-electron chi connectivity index (χ3n) is 3.05. The Morgan fingerprint density at radius 1 is 1.50 bits per heavy atom. The summed E-state index contributed by atoms with van der Waals surface area (Å²) in [7, 11) is 1.70. The van der Waals surface area contributed by atoms with Gasteiger partial charge in [-0.25, -0.2) is 4.39 Å². The van der Waals surface area contributed by atoms with E-state index in [-0.39, 0.29) is 11.7 Å². The Balaban J connectivity index is 2.32. The molecule has 5 heteroatoms. The van der Waals surface area contributed by atoms with Gasteiger partial charge < -0.3 is 15.4 Å². The molecule has 4 nitrogen and oxygen atoms in total. The van der Waals surface area contributed by atoms with E-state index in [2.05, 4.69) is 6.92 Å². The Bertz CT molecular complexity index is 426. The molecule has 1 aromatic rings. The van der Waals surface area contributed by atoms with Crippen LogP contribution in [0.2, 0.25) is 0 Å². The highest BCUT2D eigenvalue weighted by Crippen LogP contribution is 2.11. The van der Waals surface area contributed by atoms with E-state index in [9.17, 15) is 9.18 Å². The molecule has 0 heterocycles. The molecular formula is C15H23FN2O2. The predicted octanol–water partition coefficient (Wildman–Crippen LogP) is 2.18. The van der Waals surface area contributed by atoms with Crippen molar-refractivity contribution in [1.29, 1.82) is 0 Å². The Kier molecular flexibility index (Phi) is 7.01. The molecule has 0 bridgehead atoms. The van der Waals surface area contributed by atoms with Gasteiger partial charge in [0.15, 0.2) is 0 Å². The summed E-state index contributed by atoms with van der Waals surface area (Å²) in [6.07, 6.45) is 2.67. The lowest BCUT2D eigenvalue weighted by molar-refractivity contribution is -0.131. The predicted molar refractivity (Wildman–Crippen MR) is 77.0 cm³/mol. The molecule has 1 unspecified atom stereocenters. The minimum Gasteiger partial charge on any atom is -0.492 e. The van der Waals surface area contributed by atoms with Crippen LogP contribution >= 0.6 is 0 Å². The van der Waals surface area contributed by atoms with Gasteiger partial charge in [0.25, 0.3) is 0 Å². The van der Waals surface area contributed by atoms with Gasteiger partial charge in [0.2, 0.25) is 5.91 Å². The molecule has 0 radical (unpaired) electrons. The molecule has 1 amide bonds. The summed E-state index contributed by atoms with van der Waals surface area (Å²) in [6, 6.07) is 5.48. The zero-order chi connectivity index (χ0) is 15.0. The molecule has 0 fully saturated rings. The average Bonchev–Trinajstić information content (AvgIpc) is 2.43. The lowest BCUT2D eigenvalue weighted by Crippen LogP contribution is -2.43. The van der Waals surface area contributed by atoms with E-state index >= 15 is 0 Å². The first-order valence-electron chi connectivity index (χ1n) is 6.93. The topological polar surface area (TPSA) is 55.6 Å². The van der Waals surface area contributed by atoms with Gasteiger partial charge in [-0.2, -0.15) is 0 Å². The van der Waals surface area contributed by atoms with Gasteiger partial charge in [0.1, 0.15) is 18.2 Å². The summed E-state index contributed by atoms with van der Waals surface area (Å²) in [5.41, 5.74) is 5.83. The van der Waals surface area contributed by atoms with Crippen LogP contribution in [0.15, 0.2) is 24.3 Å². The third-order valence-corrected chi connectivity index (χ3v) is 3.05. The van der Waals surface area contributed by atoms with Gasteiger partial charge in [-0.1, -0.05) is 25.8 Å². The molecular weight excluding hydrogens is 259 g/mol. The van der Waals surface area contributed by atoms with Crippen molar-refractivity contribution in [3.8, 4) is 5.75 Å². The number of ether oxygens (including phenoxy) is 1. The van der Waals surface area contributed by atoms with Gasteiger partial charge in [0.05, 0.1) is 12.6 Å². The van der Waals surface area contributed by atoms with Gasteiger partial charge in [-0.3, -0.25) is 4.79 Å². The second-order valence-electron chi connectivity index (χ2n) is 4.81. The van der Waals surface area contributed by atoms with Crippen molar-refractivity contribution in [3.05, 3.63) is 30.1 Å². The Morgan fingerprint density at radius 2 is 2.25 bits per heavy atom. The molecule has 0 aromatic heterocycles. The maximum Gasteiger partial charge on any atom is 0.239 e. The van der Waals surface area contributed by atoms with Crippen LogP contribution in [0, 0.1) is 5.82 Å². The van der Waals surface area contributed by atoms with Crippen LogP contribution in [0.25, 0.3) is 0 Å². The molecule has 0 aliphatic rings. The van der Waals surface area contributed by atoms with Crippen LogP contribution in [0.1, 0.15) is 26.2 Å². The number of carbonyl (C=O) groups excluding carboxylic acids is 1. The first-order valence-corrected chi connectivity index (χ1v) is 6.93. The van der Waals surface area contributed by atoms with E-state index in [4.69, 9.17) is 10.5 Å². The van der Waals surface area contributed by atoms with E-state index in [0.717, 1.165) is 12.8 Å². The van der Waals surface area contributed by atoms with Crippen molar-refractivity contribution in [2.45, 2.75) is 32.2 Å². The second-order valence-corrected chi connectivity index (χ2v) is 4.81. The highest BCUT2D eigenvalue weighted by Gasteiger charge is 2.17. The smallest absolute Gasteiger partial charge is 0.239 e. The second kappa shape index (κ2) is 8.53. The van der Waals surface area contributed by atoms with Crippen molar-refractivity contribution in [2.24, 2.45) is 5.73 Å². The first-order chi connectivity index (χ1) is 9.54. The van der Waals surface area contributed by atoms with Crippen LogP contribution in [0.3, 0.4) is 0 Å². The first kappa shape index (κ1) is 16.4. The van der Waals surface area contributed by atoms with Gasteiger partial charge in [0, 0.05) is 13.1 Å². The molecule has 112 valence electrons. The molecule has 0 aliphatic carbocycles. The number of hydrogen-bond acceptors (Lipinski definition) is 3. The minimum absolute atomic E-state index is 0.0821. The summed E-state index contributed by atoms with van der Waals surface area (Å²) >= 11 is 0. The van der Waals surface area contributed by atoms with Gasteiger partial charge in [-0.15, -0.1) is 0 Å². The number of nitrogens with zero attached hydrogens (tertiary/aromatic N) is 1. The lowest BCUT2D eigenvalue weighted by atomic mass is 10.1. The number of nitrogens with two attached hydrogens (primary N) is 1. The van der Waals surface area contributed by atoms with E-state index < -0.39 is 6.04 Å². The Morgan fingerprint density at radius 3 is 2.90 bits per heavy atom. The van der Waals surface area contributed by atoms with Crippen molar-refractivity contribution < 1.29 is 13.9 Å². The van der Waals surface area contributed by atoms with Crippen LogP contribution in [0.5, 0.6) is 5.75 Å². The summed E-state index contributed by atoms with van der Waals surface area (Å²) in [5, 5.41) is 0. The number of unbranched alkanes of at least 4 members (excludes halogenated alkanes) is 1. The van der Waals surface area contributed by atoms with Gasteiger partial charge in [-0.05, 0) is 18.6 Å². The fourth-order valence-corrected chi connectivity index (χ4v) is 1.80. The van der Waals surface area contributed by atoms with E-state index in [1.54, 1.807) is 24.1 Å². The molecule has 0 saturated carbocycles. The summed E-state index contributed by atoms with van der Waals surface area (Å²) < 4.78 is 18.3. The van der Waals surface area contributed by atoms with Gasteiger partial charge >= 0.3 is 0 Å². The molecule has 0 spiro atoms. The van der Waals surface area contributed by atoms with Crippen molar-refractivity contribution in [3.63, 3.8) is 0 Å². The van der Waals surface area contributed by atoms with E-state index in [0.29, 0.717) is 25.3 Å². The highest BCUT2D eigenvalue weighted by molar-refractivity contribution is 5.81. The molecule has 2 N–H and O–H groups in total. The highest BCUT2D eigenvalue weighted by atomic mass is 19.1. The Labute approximate surface area is 119 Å². The van der Waals surface area contributed by atoms with Crippen molar-refractivity contribution in [2.75, 3.05) is 20.2 Å². The summed E-state index contributed by atoms with van der Waals surface area (Å²) in [4.78, 5) is 13.5. The number of amides is 1. The summed E-state index contributed by atoms with van der Waals surface area (Å²) in [5.74, 6) is 0.0379. The zero-order valence-corrected chi connectivity index (χ0v) is 12.1. The SMILES string of the molecule is CCCCC(N)C(=O)N(C)CCOc1cccc(F)c1.